The van der Waals surface area contributed by atoms with Crippen LogP contribution in [0.5, 0.6) is 0 Å². The molecule has 28 heavy (non-hydrogen) atoms. The van der Waals surface area contributed by atoms with Crippen LogP contribution >= 0.6 is 0 Å². The van der Waals surface area contributed by atoms with Crippen LogP contribution in [0.25, 0.3) is 0 Å². The minimum absolute atomic E-state index is 0.0253. The van der Waals surface area contributed by atoms with Crippen LogP contribution in [0, 0.1) is 11.3 Å². The molecule has 0 radical (unpaired) electrons. The van der Waals surface area contributed by atoms with Crippen molar-refractivity contribution in [2.24, 2.45) is 16.3 Å². The number of furan rings is 1. The SMILES string of the molecule is CC1=NC2=C(C(=O)CC(C)(C)C2)[C@H](c2ccco2)C1C(=O)OC1CCCCC1. The number of hydrogen-bond donors (Lipinski definition) is 0. The number of ether oxygens (including phenoxy) is 1. The summed E-state index contributed by atoms with van der Waals surface area (Å²) < 4.78 is 11.6. The number of carbonyl (C=O) groups is 2. The summed E-state index contributed by atoms with van der Waals surface area (Å²) in [5.41, 5.74) is 2.04. The standard InChI is InChI=1S/C23H29NO4/c1-14-19(22(26)28-15-8-5-4-6-9-15)21(18-10-7-11-27-18)20-16(24-14)12-23(2,3)13-17(20)25/h7,10-11,15,19,21H,4-6,8-9,12-13H2,1-3H3/t19?,21-/m1/s1. The maximum atomic E-state index is 13.2. The van der Waals surface area contributed by atoms with Crippen LogP contribution in [0.1, 0.15) is 77.4 Å². The second kappa shape index (κ2) is 7.34. The molecule has 2 atom stereocenters. The number of Topliss-reactive ketones (excluding diaryl/α,β-unsaturated/α-hetero) is 1. The average Bonchev–Trinajstić information content (AvgIpc) is 3.14. The second-order valence-corrected chi connectivity index (χ2v) is 9.22. The van der Waals surface area contributed by atoms with E-state index in [0.29, 0.717) is 23.5 Å². The first-order chi connectivity index (χ1) is 13.4. The van der Waals surface area contributed by atoms with E-state index in [4.69, 9.17) is 14.1 Å². The van der Waals surface area contributed by atoms with Crippen molar-refractivity contribution in [1.29, 1.82) is 0 Å². The van der Waals surface area contributed by atoms with Crippen LogP contribution in [-0.2, 0) is 14.3 Å². The smallest absolute Gasteiger partial charge is 0.316 e. The average molecular weight is 383 g/mol. The summed E-state index contributed by atoms with van der Waals surface area (Å²) in [6, 6.07) is 3.65. The first-order valence-electron chi connectivity index (χ1n) is 10.4. The Balaban J connectivity index is 1.70. The van der Waals surface area contributed by atoms with Gasteiger partial charge in [-0.1, -0.05) is 20.3 Å². The van der Waals surface area contributed by atoms with Gasteiger partial charge in [-0.25, -0.2) is 0 Å². The molecule has 0 N–H and O–H groups in total. The van der Waals surface area contributed by atoms with Gasteiger partial charge in [0.15, 0.2) is 5.78 Å². The molecule has 0 bridgehead atoms. The van der Waals surface area contributed by atoms with Gasteiger partial charge in [0.2, 0.25) is 0 Å². The van der Waals surface area contributed by atoms with E-state index in [1.807, 2.05) is 13.0 Å². The second-order valence-electron chi connectivity index (χ2n) is 9.22. The first kappa shape index (κ1) is 19.2. The Bertz CT molecular complexity index is 825. The van der Waals surface area contributed by atoms with Crippen LogP contribution in [0.4, 0.5) is 0 Å². The molecule has 1 aromatic heterocycles. The predicted octanol–water partition coefficient (Wildman–Crippen LogP) is 4.97. The molecule has 1 aliphatic heterocycles. The van der Waals surface area contributed by atoms with Crippen molar-refractivity contribution in [3.63, 3.8) is 0 Å². The highest BCUT2D eigenvalue weighted by atomic mass is 16.5. The zero-order chi connectivity index (χ0) is 19.9. The number of esters is 1. The van der Waals surface area contributed by atoms with E-state index >= 15 is 0 Å². The lowest BCUT2D eigenvalue weighted by atomic mass is 9.68. The normalized spacial score (nSPS) is 28.0. The third kappa shape index (κ3) is 3.59. The van der Waals surface area contributed by atoms with Gasteiger partial charge in [-0.2, -0.15) is 0 Å². The van der Waals surface area contributed by atoms with Crippen LogP contribution in [-0.4, -0.2) is 23.6 Å². The summed E-state index contributed by atoms with van der Waals surface area (Å²) in [6.07, 6.45) is 7.99. The van der Waals surface area contributed by atoms with Crippen LogP contribution in [0.2, 0.25) is 0 Å². The number of aliphatic imine (C=N–C) groups is 1. The molecule has 5 nitrogen and oxygen atoms in total. The molecule has 1 unspecified atom stereocenters. The Morgan fingerprint density at radius 3 is 2.64 bits per heavy atom. The highest BCUT2D eigenvalue weighted by Crippen LogP contribution is 2.48. The number of ketones is 1. The molecule has 4 rings (SSSR count). The summed E-state index contributed by atoms with van der Waals surface area (Å²) in [5.74, 6) is -0.613. The quantitative estimate of drug-likeness (QED) is 0.691. The highest BCUT2D eigenvalue weighted by molar-refractivity contribution is 6.08. The molecule has 150 valence electrons. The van der Waals surface area contributed by atoms with E-state index < -0.39 is 11.8 Å². The molecule has 0 saturated heterocycles. The fourth-order valence-corrected chi connectivity index (χ4v) is 4.95. The monoisotopic (exact) mass is 383 g/mol. The minimum Gasteiger partial charge on any atom is -0.469 e. The van der Waals surface area contributed by atoms with Crippen molar-refractivity contribution >= 4 is 17.5 Å². The van der Waals surface area contributed by atoms with Gasteiger partial charge in [0.25, 0.3) is 0 Å². The van der Waals surface area contributed by atoms with E-state index in [1.54, 1.807) is 12.3 Å². The molecular formula is C23H29NO4. The van der Waals surface area contributed by atoms with Gasteiger partial charge in [0.1, 0.15) is 17.8 Å². The number of nitrogens with zero attached hydrogens (tertiary/aromatic N) is 1. The van der Waals surface area contributed by atoms with Gasteiger partial charge in [-0.05, 0) is 56.6 Å². The lowest BCUT2D eigenvalue weighted by Gasteiger charge is -2.38. The molecule has 0 aromatic carbocycles. The molecule has 1 fully saturated rings. The predicted molar refractivity (Wildman–Crippen MR) is 106 cm³/mol. The van der Waals surface area contributed by atoms with Gasteiger partial charge in [-0.15, -0.1) is 0 Å². The molecular weight excluding hydrogens is 354 g/mol. The molecule has 1 aromatic rings. The van der Waals surface area contributed by atoms with Crippen LogP contribution in [0.3, 0.4) is 0 Å². The van der Waals surface area contributed by atoms with Gasteiger partial charge in [-0.3, -0.25) is 14.6 Å². The van der Waals surface area contributed by atoms with E-state index in [0.717, 1.165) is 37.8 Å². The fourth-order valence-electron chi connectivity index (χ4n) is 4.95. The first-order valence-corrected chi connectivity index (χ1v) is 10.4. The molecule has 3 aliphatic rings. The lowest BCUT2D eigenvalue weighted by molar-refractivity contribution is -0.153. The van der Waals surface area contributed by atoms with Crippen molar-refractivity contribution < 1.29 is 18.7 Å². The summed E-state index contributed by atoms with van der Waals surface area (Å²) in [5, 5.41) is 0. The van der Waals surface area contributed by atoms with Gasteiger partial charge in [0, 0.05) is 23.4 Å². The third-order valence-corrected chi connectivity index (χ3v) is 6.24. The largest absolute Gasteiger partial charge is 0.469 e. The fraction of sp³-hybridized carbons (Fsp3) is 0.609. The minimum atomic E-state index is -0.600. The Hall–Kier alpha value is -2.17. The number of allylic oxidation sites excluding steroid dienone is 2. The van der Waals surface area contributed by atoms with Crippen molar-refractivity contribution in [2.75, 3.05) is 0 Å². The zero-order valence-corrected chi connectivity index (χ0v) is 17.0. The Morgan fingerprint density at radius 2 is 1.96 bits per heavy atom. The molecule has 2 aliphatic carbocycles. The molecule has 2 heterocycles. The van der Waals surface area contributed by atoms with Crippen molar-refractivity contribution in [1.82, 2.24) is 0 Å². The van der Waals surface area contributed by atoms with Crippen molar-refractivity contribution in [3.05, 3.63) is 35.4 Å². The summed E-state index contributed by atoms with van der Waals surface area (Å²) in [6.45, 7) is 6.05. The molecule has 0 amide bonds. The summed E-state index contributed by atoms with van der Waals surface area (Å²) in [7, 11) is 0. The highest BCUT2D eigenvalue weighted by Gasteiger charge is 2.47. The molecule has 1 saturated carbocycles. The van der Waals surface area contributed by atoms with Crippen molar-refractivity contribution in [2.45, 2.75) is 77.7 Å². The number of carbonyl (C=O) groups excluding carboxylic acids is 2. The summed E-state index contributed by atoms with van der Waals surface area (Å²) >= 11 is 0. The number of hydrogen-bond acceptors (Lipinski definition) is 5. The maximum absolute atomic E-state index is 13.2. The molecule has 5 heteroatoms. The summed E-state index contributed by atoms with van der Waals surface area (Å²) in [4.78, 5) is 31.0. The Kier molecular flexibility index (Phi) is 5.02. The number of rotatable bonds is 3. The topological polar surface area (TPSA) is 68.9 Å². The van der Waals surface area contributed by atoms with Crippen LogP contribution < -0.4 is 0 Å². The van der Waals surface area contributed by atoms with E-state index in [-0.39, 0.29) is 23.3 Å². The van der Waals surface area contributed by atoms with E-state index in [9.17, 15) is 9.59 Å². The van der Waals surface area contributed by atoms with Gasteiger partial charge < -0.3 is 9.15 Å². The van der Waals surface area contributed by atoms with E-state index in [2.05, 4.69) is 13.8 Å². The van der Waals surface area contributed by atoms with E-state index in [1.165, 1.54) is 6.42 Å². The Labute approximate surface area is 166 Å². The van der Waals surface area contributed by atoms with Gasteiger partial charge in [0.05, 0.1) is 12.2 Å². The maximum Gasteiger partial charge on any atom is 0.316 e. The van der Waals surface area contributed by atoms with Crippen molar-refractivity contribution in [3.8, 4) is 0 Å². The lowest BCUT2D eigenvalue weighted by Crippen LogP contribution is -2.40. The molecule has 0 spiro atoms. The van der Waals surface area contributed by atoms with Gasteiger partial charge >= 0.3 is 5.97 Å². The zero-order valence-electron chi connectivity index (χ0n) is 17.0. The Morgan fingerprint density at radius 1 is 1.21 bits per heavy atom. The van der Waals surface area contributed by atoms with Crippen LogP contribution in [0.15, 0.2) is 39.1 Å². The third-order valence-electron chi connectivity index (χ3n) is 6.24.